The second-order valence-corrected chi connectivity index (χ2v) is 5.53. The minimum Gasteiger partial charge on any atom is -0.448 e. The van der Waals surface area contributed by atoms with Crippen LogP contribution < -0.4 is 4.74 Å². The predicted molar refractivity (Wildman–Crippen MR) is 78.9 cm³/mol. The Balaban J connectivity index is 3.06. The summed E-state index contributed by atoms with van der Waals surface area (Å²) < 4.78 is 14.7. The number of alkyl halides is 1. The highest BCUT2D eigenvalue weighted by atomic mass is 79.9. The number of nitrogens with zero attached hydrogens (tertiary/aromatic N) is 1. The van der Waals surface area contributed by atoms with Gasteiger partial charge in [-0.1, -0.05) is 15.9 Å². The number of pyridine rings is 1. The van der Waals surface area contributed by atoms with Crippen LogP contribution in [0.25, 0.3) is 0 Å². The van der Waals surface area contributed by atoms with Crippen LogP contribution in [0.2, 0.25) is 0 Å². The monoisotopic (exact) mass is 363 g/mol. The molecule has 0 amide bonds. The first-order valence-electron chi connectivity index (χ1n) is 5.64. The second-order valence-electron chi connectivity index (χ2n) is 4.74. The van der Waals surface area contributed by atoms with Gasteiger partial charge >= 0.3 is 12.1 Å². The quantitative estimate of drug-likeness (QED) is 0.466. The van der Waals surface area contributed by atoms with Crippen molar-refractivity contribution < 1.29 is 23.6 Å². The fraction of sp³-hybridized carbons (Fsp3) is 0.417. The molecule has 110 valence electrons. The fourth-order valence-corrected chi connectivity index (χ4v) is 1.85. The van der Waals surface area contributed by atoms with Crippen LogP contribution in [-0.2, 0) is 14.6 Å². The van der Waals surface area contributed by atoms with Crippen molar-refractivity contribution in [2.24, 2.45) is 0 Å². The van der Waals surface area contributed by atoms with Gasteiger partial charge in [0.15, 0.2) is 5.75 Å². The second kappa shape index (κ2) is 6.99. The maximum absolute atomic E-state index is 11.7. The summed E-state index contributed by atoms with van der Waals surface area (Å²) in [4.78, 5) is 27.4. The lowest BCUT2D eigenvalue weighted by Gasteiger charge is -2.19. The van der Waals surface area contributed by atoms with Crippen LogP contribution in [0.4, 0.5) is 4.79 Å². The highest BCUT2D eigenvalue weighted by Gasteiger charge is 2.24. The van der Waals surface area contributed by atoms with E-state index < -0.39 is 17.7 Å². The minimum absolute atomic E-state index is 0.0381. The molecule has 0 spiro atoms. The molecule has 1 heterocycles. The predicted octanol–water partition coefficient (Wildman–Crippen LogP) is 3.24. The molecule has 0 saturated carbocycles. The topological polar surface area (TPSA) is 74.7 Å². The molecule has 8 heteroatoms. The summed E-state index contributed by atoms with van der Waals surface area (Å²) in [7, 11) is 1.84. The average molecular weight is 364 g/mol. The average Bonchev–Trinajstić information content (AvgIpc) is 2.35. The fourth-order valence-electron chi connectivity index (χ4n) is 1.31. The first-order valence-corrected chi connectivity index (χ1v) is 7.23. The van der Waals surface area contributed by atoms with E-state index in [1.165, 1.54) is 12.3 Å². The van der Waals surface area contributed by atoms with Gasteiger partial charge in [0.2, 0.25) is 0 Å². The summed E-state index contributed by atoms with van der Waals surface area (Å²) in [5.41, 5.74) is -0.215. The van der Waals surface area contributed by atoms with E-state index in [1.807, 2.05) is 9.47 Å². The number of rotatable bonds is 3. The zero-order chi connectivity index (χ0) is 15.3. The molecule has 0 aliphatic carbocycles. The molecule has 1 aromatic heterocycles. The summed E-state index contributed by atoms with van der Waals surface area (Å²) in [6, 6.07) is 1.40. The molecule has 0 aromatic carbocycles. The number of ether oxygens (including phenoxy) is 2. The number of carbonyl (C=O) groups excluding carboxylic acids is 2. The molecule has 0 aliphatic heterocycles. The van der Waals surface area contributed by atoms with Crippen molar-refractivity contribution >= 4 is 37.5 Å². The number of hydrogen-bond acceptors (Lipinski definition) is 6. The Bertz CT molecular complexity index is 515. The van der Waals surface area contributed by atoms with Crippen molar-refractivity contribution in [2.45, 2.75) is 31.7 Å². The Kier molecular flexibility index (Phi) is 5.89. The molecule has 0 fully saturated rings. The van der Waals surface area contributed by atoms with E-state index in [4.69, 9.17) is 9.47 Å². The first kappa shape index (κ1) is 16.9. The van der Waals surface area contributed by atoms with Crippen molar-refractivity contribution in [3.05, 3.63) is 23.5 Å². The van der Waals surface area contributed by atoms with Crippen LogP contribution >= 0.6 is 25.4 Å². The standard InChI is InChI=1S/C12H15BrNO5P/c1-12(2,3)18-11(16)17-8-4-5-14-7(6-13)9(8)10(15)19-20/h4-5H,6,20H2,1-3H3. The van der Waals surface area contributed by atoms with Gasteiger partial charge in [-0.15, -0.1) is 0 Å². The summed E-state index contributed by atoms with van der Waals surface area (Å²) in [6.07, 6.45) is 0.526. The molecule has 20 heavy (non-hydrogen) atoms. The highest BCUT2D eigenvalue weighted by molar-refractivity contribution is 9.08. The number of hydrogen-bond donors (Lipinski definition) is 0. The Labute approximate surface area is 127 Å². The van der Waals surface area contributed by atoms with Crippen molar-refractivity contribution in [1.29, 1.82) is 0 Å². The van der Waals surface area contributed by atoms with E-state index in [0.717, 1.165) is 0 Å². The number of aromatic nitrogens is 1. The molecular formula is C12H15BrNO5P. The molecule has 1 aromatic rings. The third-order valence-electron chi connectivity index (χ3n) is 2.01. The van der Waals surface area contributed by atoms with Gasteiger partial charge in [-0.3, -0.25) is 4.98 Å². The summed E-state index contributed by atoms with van der Waals surface area (Å²) in [5, 5.41) is 0.313. The van der Waals surface area contributed by atoms with E-state index >= 15 is 0 Å². The smallest absolute Gasteiger partial charge is 0.448 e. The zero-order valence-electron chi connectivity index (χ0n) is 11.3. The van der Waals surface area contributed by atoms with Crippen LogP contribution in [0.3, 0.4) is 0 Å². The number of halogens is 1. The maximum Gasteiger partial charge on any atom is 0.514 e. The Morgan fingerprint density at radius 2 is 2.05 bits per heavy atom. The molecular weight excluding hydrogens is 349 g/mol. The van der Waals surface area contributed by atoms with Gasteiger partial charge in [-0.25, -0.2) is 9.59 Å². The van der Waals surface area contributed by atoms with E-state index in [0.29, 0.717) is 11.0 Å². The van der Waals surface area contributed by atoms with E-state index in [-0.39, 0.29) is 11.3 Å². The van der Waals surface area contributed by atoms with Gasteiger partial charge in [-0.05, 0) is 20.8 Å². The van der Waals surface area contributed by atoms with Gasteiger partial charge in [0, 0.05) is 17.6 Å². The van der Waals surface area contributed by atoms with Crippen LogP contribution in [-0.4, -0.2) is 22.7 Å². The van der Waals surface area contributed by atoms with Crippen LogP contribution in [0.1, 0.15) is 36.8 Å². The molecule has 0 N–H and O–H groups in total. The summed E-state index contributed by atoms with van der Waals surface area (Å²) in [5.74, 6) is -0.632. The van der Waals surface area contributed by atoms with Crippen molar-refractivity contribution in [1.82, 2.24) is 4.98 Å². The Morgan fingerprint density at radius 3 is 2.55 bits per heavy atom. The van der Waals surface area contributed by atoms with E-state index in [1.54, 1.807) is 20.8 Å². The molecule has 1 atom stereocenters. The van der Waals surface area contributed by atoms with E-state index in [9.17, 15) is 9.59 Å². The lowest BCUT2D eigenvalue weighted by Crippen LogP contribution is -2.26. The Hall–Kier alpha value is -1.20. The van der Waals surface area contributed by atoms with Gasteiger partial charge in [0.25, 0.3) is 0 Å². The van der Waals surface area contributed by atoms with Crippen molar-refractivity contribution in [3.63, 3.8) is 0 Å². The molecule has 1 unspecified atom stereocenters. The summed E-state index contributed by atoms with van der Waals surface area (Å²) >= 11 is 3.21. The highest BCUT2D eigenvalue weighted by Crippen LogP contribution is 2.25. The van der Waals surface area contributed by atoms with Crippen LogP contribution in [0.5, 0.6) is 5.75 Å². The zero-order valence-corrected chi connectivity index (χ0v) is 14.0. The van der Waals surface area contributed by atoms with E-state index in [2.05, 4.69) is 25.4 Å². The third kappa shape index (κ3) is 4.72. The van der Waals surface area contributed by atoms with Crippen molar-refractivity contribution in [3.8, 4) is 5.75 Å². The molecule has 0 radical (unpaired) electrons. The third-order valence-corrected chi connectivity index (χ3v) is 2.76. The molecule has 1 rings (SSSR count). The maximum atomic E-state index is 11.7. The normalized spacial score (nSPS) is 10.8. The van der Waals surface area contributed by atoms with Gasteiger partial charge < -0.3 is 14.0 Å². The van der Waals surface area contributed by atoms with Gasteiger partial charge in [0.1, 0.15) is 11.2 Å². The molecule has 0 bridgehead atoms. The first-order chi connectivity index (χ1) is 9.28. The molecule has 6 nitrogen and oxygen atoms in total. The minimum atomic E-state index is -0.901. The lowest BCUT2D eigenvalue weighted by molar-refractivity contribution is 0.0204. The SMILES string of the molecule is CC(C)(C)OC(=O)Oc1ccnc(CBr)c1C(=O)OP. The Morgan fingerprint density at radius 1 is 1.40 bits per heavy atom. The molecule has 0 saturated heterocycles. The van der Waals surface area contributed by atoms with Gasteiger partial charge in [-0.2, -0.15) is 0 Å². The van der Waals surface area contributed by atoms with Crippen molar-refractivity contribution in [2.75, 3.05) is 0 Å². The van der Waals surface area contributed by atoms with Gasteiger partial charge in [0.05, 0.1) is 15.2 Å². The number of carbonyl (C=O) groups is 2. The largest absolute Gasteiger partial charge is 0.514 e. The molecule has 0 aliphatic rings. The summed E-state index contributed by atoms with van der Waals surface area (Å²) in [6.45, 7) is 5.13. The lowest BCUT2D eigenvalue weighted by atomic mass is 10.2. The van der Waals surface area contributed by atoms with Crippen LogP contribution in [0, 0.1) is 0 Å². The van der Waals surface area contributed by atoms with Crippen LogP contribution in [0.15, 0.2) is 12.3 Å².